The minimum Gasteiger partial charge on any atom is -0.389 e. The van der Waals surface area contributed by atoms with Crippen LogP contribution < -0.4 is 11.1 Å². The number of nitrogens with zero attached hydrogens (tertiary/aromatic N) is 1. The van der Waals surface area contributed by atoms with Crippen LogP contribution in [0.15, 0.2) is 28.8 Å². The number of hydrogen-bond acceptors (Lipinski definition) is 4. The Kier molecular flexibility index (Phi) is 3.57. The molecular weight excluding hydrogens is 269 g/mol. The van der Waals surface area contributed by atoms with E-state index in [-0.39, 0.29) is 21.9 Å². The summed E-state index contributed by atoms with van der Waals surface area (Å²) in [7, 11) is 0. The Morgan fingerprint density at radius 1 is 1.53 bits per heavy atom. The number of halogens is 1. The highest BCUT2D eigenvalue weighted by atomic mass is 32.1. The standard InChI is InChI=1S/C12H10FN3O2S/c1-6-5-9(16-18-6)12(17)15-8-4-2-3-7(13)10(8)11(14)19/h2-5H,1H3,(H2,14,19)(H,15,17). The van der Waals surface area contributed by atoms with Crippen LogP contribution in [0.4, 0.5) is 10.1 Å². The van der Waals surface area contributed by atoms with Crippen LogP contribution in [0.1, 0.15) is 21.8 Å². The Morgan fingerprint density at radius 3 is 2.84 bits per heavy atom. The first-order chi connectivity index (χ1) is 8.99. The first kappa shape index (κ1) is 13.2. The summed E-state index contributed by atoms with van der Waals surface area (Å²) < 4.78 is 18.4. The van der Waals surface area contributed by atoms with Gasteiger partial charge in [0.2, 0.25) is 0 Å². The zero-order valence-corrected chi connectivity index (χ0v) is 10.8. The van der Waals surface area contributed by atoms with E-state index in [9.17, 15) is 9.18 Å². The van der Waals surface area contributed by atoms with Crippen molar-refractivity contribution in [1.29, 1.82) is 0 Å². The number of hydrogen-bond donors (Lipinski definition) is 2. The molecule has 3 N–H and O–H groups in total. The third-order valence-corrected chi connectivity index (χ3v) is 2.57. The van der Waals surface area contributed by atoms with Crippen LogP contribution >= 0.6 is 12.2 Å². The number of carbonyl (C=O) groups is 1. The molecule has 0 aliphatic heterocycles. The van der Waals surface area contributed by atoms with E-state index in [0.717, 1.165) is 0 Å². The lowest BCUT2D eigenvalue weighted by Crippen LogP contribution is -2.19. The molecule has 2 aromatic rings. The number of aromatic nitrogens is 1. The van der Waals surface area contributed by atoms with E-state index in [1.165, 1.54) is 24.3 Å². The first-order valence-electron chi connectivity index (χ1n) is 5.32. The van der Waals surface area contributed by atoms with Gasteiger partial charge in [-0.1, -0.05) is 23.4 Å². The molecule has 1 aromatic carbocycles. The summed E-state index contributed by atoms with van der Waals surface area (Å²) in [6.07, 6.45) is 0. The largest absolute Gasteiger partial charge is 0.389 e. The molecule has 0 fully saturated rings. The van der Waals surface area contributed by atoms with Crippen molar-refractivity contribution in [3.05, 3.63) is 47.1 Å². The van der Waals surface area contributed by atoms with Gasteiger partial charge in [0, 0.05) is 6.07 Å². The number of benzene rings is 1. The van der Waals surface area contributed by atoms with E-state index in [1.54, 1.807) is 6.92 Å². The molecule has 1 aromatic heterocycles. The highest BCUT2D eigenvalue weighted by Gasteiger charge is 2.16. The van der Waals surface area contributed by atoms with Gasteiger partial charge in [-0.3, -0.25) is 4.79 Å². The molecule has 0 unspecified atom stereocenters. The first-order valence-corrected chi connectivity index (χ1v) is 5.73. The van der Waals surface area contributed by atoms with Crippen molar-refractivity contribution in [2.24, 2.45) is 5.73 Å². The highest BCUT2D eigenvalue weighted by Crippen LogP contribution is 2.19. The van der Waals surface area contributed by atoms with E-state index in [4.69, 9.17) is 22.5 Å². The molecule has 0 aliphatic carbocycles. The maximum absolute atomic E-state index is 13.6. The van der Waals surface area contributed by atoms with E-state index in [0.29, 0.717) is 5.76 Å². The molecule has 0 aliphatic rings. The maximum atomic E-state index is 13.6. The molecule has 0 atom stereocenters. The Morgan fingerprint density at radius 2 is 2.26 bits per heavy atom. The van der Waals surface area contributed by atoms with Crippen LogP contribution in [0.2, 0.25) is 0 Å². The minimum atomic E-state index is -0.596. The topological polar surface area (TPSA) is 81.2 Å². The van der Waals surface area contributed by atoms with Gasteiger partial charge >= 0.3 is 0 Å². The van der Waals surface area contributed by atoms with Crippen molar-refractivity contribution in [2.75, 3.05) is 5.32 Å². The van der Waals surface area contributed by atoms with E-state index < -0.39 is 11.7 Å². The summed E-state index contributed by atoms with van der Waals surface area (Å²) in [6.45, 7) is 1.66. The Labute approximate surface area is 113 Å². The van der Waals surface area contributed by atoms with Gasteiger partial charge in [-0.25, -0.2) is 4.39 Å². The zero-order valence-electron chi connectivity index (χ0n) is 9.94. The van der Waals surface area contributed by atoms with E-state index in [2.05, 4.69) is 10.5 Å². The summed E-state index contributed by atoms with van der Waals surface area (Å²) in [6, 6.07) is 5.63. The van der Waals surface area contributed by atoms with Crippen molar-refractivity contribution in [3.8, 4) is 0 Å². The van der Waals surface area contributed by atoms with Gasteiger partial charge in [0.1, 0.15) is 16.6 Å². The molecule has 0 saturated heterocycles. The van der Waals surface area contributed by atoms with Crippen LogP contribution in [0.5, 0.6) is 0 Å². The number of aryl methyl sites for hydroxylation is 1. The fourth-order valence-corrected chi connectivity index (χ4v) is 1.75. The molecule has 0 bridgehead atoms. The molecule has 1 heterocycles. The van der Waals surface area contributed by atoms with Crippen LogP contribution in [-0.2, 0) is 0 Å². The molecule has 7 heteroatoms. The quantitative estimate of drug-likeness (QED) is 0.840. The number of carbonyl (C=O) groups excluding carboxylic acids is 1. The Balaban J connectivity index is 2.31. The third-order valence-electron chi connectivity index (χ3n) is 2.37. The Hall–Kier alpha value is -2.28. The van der Waals surface area contributed by atoms with Crippen LogP contribution in [0, 0.1) is 12.7 Å². The number of anilines is 1. The number of rotatable bonds is 3. The smallest absolute Gasteiger partial charge is 0.277 e. The van der Waals surface area contributed by atoms with Crippen molar-refractivity contribution >= 4 is 28.8 Å². The molecule has 0 radical (unpaired) electrons. The van der Waals surface area contributed by atoms with Crippen molar-refractivity contribution < 1.29 is 13.7 Å². The van der Waals surface area contributed by atoms with Gasteiger partial charge in [-0.2, -0.15) is 0 Å². The monoisotopic (exact) mass is 279 g/mol. The molecule has 0 saturated carbocycles. The van der Waals surface area contributed by atoms with Gasteiger partial charge < -0.3 is 15.6 Å². The van der Waals surface area contributed by atoms with Gasteiger partial charge in [0.05, 0.1) is 11.3 Å². The van der Waals surface area contributed by atoms with Crippen LogP contribution in [0.3, 0.4) is 0 Å². The number of nitrogens with two attached hydrogens (primary N) is 1. The van der Waals surface area contributed by atoms with Crippen molar-refractivity contribution in [1.82, 2.24) is 5.16 Å². The predicted octanol–water partition coefficient (Wildman–Crippen LogP) is 2.01. The lowest BCUT2D eigenvalue weighted by atomic mass is 10.1. The van der Waals surface area contributed by atoms with Crippen LogP contribution in [-0.4, -0.2) is 16.1 Å². The minimum absolute atomic E-state index is 0.00827. The lowest BCUT2D eigenvalue weighted by molar-refractivity contribution is 0.101. The van der Waals surface area contributed by atoms with Gasteiger partial charge in [-0.15, -0.1) is 0 Å². The average Bonchev–Trinajstić information content (AvgIpc) is 2.75. The van der Waals surface area contributed by atoms with Gasteiger partial charge in [0.15, 0.2) is 5.69 Å². The Bertz CT molecular complexity index is 654. The molecule has 98 valence electrons. The molecule has 0 spiro atoms. The van der Waals surface area contributed by atoms with Crippen molar-refractivity contribution in [3.63, 3.8) is 0 Å². The number of thiocarbonyl (C=S) groups is 1. The summed E-state index contributed by atoms with van der Waals surface area (Å²) in [5.41, 5.74) is 5.72. The summed E-state index contributed by atoms with van der Waals surface area (Å²) in [4.78, 5) is 11.7. The molecule has 2 rings (SSSR count). The summed E-state index contributed by atoms with van der Waals surface area (Å²) in [5.74, 6) is -0.624. The molecular formula is C12H10FN3O2S. The summed E-state index contributed by atoms with van der Waals surface area (Å²) in [5, 5.41) is 6.06. The number of nitrogens with one attached hydrogen (secondary N) is 1. The predicted molar refractivity (Wildman–Crippen MR) is 71.5 cm³/mol. The zero-order chi connectivity index (χ0) is 14.0. The molecule has 19 heavy (non-hydrogen) atoms. The number of amides is 1. The van der Waals surface area contributed by atoms with Crippen molar-refractivity contribution in [2.45, 2.75) is 6.92 Å². The van der Waals surface area contributed by atoms with E-state index in [1.807, 2.05) is 0 Å². The fraction of sp³-hybridized carbons (Fsp3) is 0.0833. The van der Waals surface area contributed by atoms with E-state index >= 15 is 0 Å². The fourth-order valence-electron chi connectivity index (χ4n) is 1.54. The second-order valence-electron chi connectivity index (χ2n) is 3.80. The molecule has 1 amide bonds. The van der Waals surface area contributed by atoms with Crippen LogP contribution in [0.25, 0.3) is 0 Å². The van der Waals surface area contributed by atoms with Gasteiger partial charge in [0.25, 0.3) is 5.91 Å². The maximum Gasteiger partial charge on any atom is 0.277 e. The lowest BCUT2D eigenvalue weighted by Gasteiger charge is -2.09. The normalized spacial score (nSPS) is 10.2. The SMILES string of the molecule is Cc1cc(C(=O)Nc2cccc(F)c2C(N)=S)no1. The second-order valence-corrected chi connectivity index (χ2v) is 4.24. The third kappa shape index (κ3) is 2.76. The molecule has 5 nitrogen and oxygen atoms in total. The average molecular weight is 279 g/mol. The summed E-state index contributed by atoms with van der Waals surface area (Å²) >= 11 is 4.76. The highest BCUT2D eigenvalue weighted by molar-refractivity contribution is 7.80. The second kappa shape index (κ2) is 5.15. The van der Waals surface area contributed by atoms with Gasteiger partial charge in [-0.05, 0) is 19.1 Å².